The SMILES string of the molecule is Cc1cc(N)c(C)c(S(=O)(=O)NCCCC(C)C)c1. The molecule has 0 saturated carbocycles. The van der Waals surface area contributed by atoms with Gasteiger partial charge in [-0.3, -0.25) is 0 Å². The number of benzene rings is 1. The van der Waals surface area contributed by atoms with Crippen molar-refractivity contribution in [2.45, 2.75) is 45.4 Å². The monoisotopic (exact) mass is 284 g/mol. The van der Waals surface area contributed by atoms with Gasteiger partial charge in [0.1, 0.15) is 0 Å². The fraction of sp³-hybridized carbons (Fsp3) is 0.571. The number of nitrogen functional groups attached to an aromatic ring is 1. The third-order valence-electron chi connectivity index (χ3n) is 3.08. The second kappa shape index (κ2) is 6.39. The molecule has 0 amide bonds. The molecule has 0 radical (unpaired) electrons. The molecule has 5 heteroatoms. The highest BCUT2D eigenvalue weighted by Gasteiger charge is 2.18. The highest BCUT2D eigenvalue weighted by Crippen LogP contribution is 2.22. The van der Waals surface area contributed by atoms with Crippen LogP contribution in [0.3, 0.4) is 0 Å². The molecule has 1 aromatic carbocycles. The van der Waals surface area contributed by atoms with Crippen LogP contribution in [0.2, 0.25) is 0 Å². The summed E-state index contributed by atoms with van der Waals surface area (Å²) in [6, 6.07) is 3.45. The van der Waals surface area contributed by atoms with Gasteiger partial charge in [0.15, 0.2) is 0 Å². The Morgan fingerprint density at radius 1 is 1.26 bits per heavy atom. The van der Waals surface area contributed by atoms with Crippen LogP contribution in [0, 0.1) is 19.8 Å². The van der Waals surface area contributed by atoms with Crippen molar-refractivity contribution in [3.05, 3.63) is 23.3 Å². The lowest BCUT2D eigenvalue weighted by molar-refractivity contribution is 0.539. The van der Waals surface area contributed by atoms with Crippen LogP contribution in [-0.4, -0.2) is 15.0 Å². The van der Waals surface area contributed by atoms with Gasteiger partial charge in [0.2, 0.25) is 10.0 Å². The number of anilines is 1. The van der Waals surface area contributed by atoms with Crippen LogP contribution in [0.1, 0.15) is 37.8 Å². The summed E-state index contributed by atoms with van der Waals surface area (Å²) in [5.74, 6) is 0.584. The Labute approximate surface area is 116 Å². The molecule has 0 aliphatic rings. The first-order chi connectivity index (χ1) is 8.74. The molecule has 0 saturated heterocycles. The lowest BCUT2D eigenvalue weighted by atomic mass is 10.1. The molecule has 0 atom stereocenters. The Morgan fingerprint density at radius 3 is 2.47 bits per heavy atom. The molecule has 0 unspecified atom stereocenters. The molecule has 0 fully saturated rings. The number of hydrogen-bond acceptors (Lipinski definition) is 3. The van der Waals surface area contributed by atoms with Gasteiger partial charge < -0.3 is 5.73 Å². The largest absolute Gasteiger partial charge is 0.398 e. The Morgan fingerprint density at radius 2 is 1.89 bits per heavy atom. The van der Waals surface area contributed by atoms with E-state index in [1.165, 1.54) is 0 Å². The van der Waals surface area contributed by atoms with Crippen LogP contribution in [0.25, 0.3) is 0 Å². The number of hydrogen-bond donors (Lipinski definition) is 2. The molecule has 0 spiro atoms. The Hall–Kier alpha value is -1.07. The average Bonchev–Trinajstić information content (AvgIpc) is 2.29. The quantitative estimate of drug-likeness (QED) is 0.623. The van der Waals surface area contributed by atoms with Crippen molar-refractivity contribution < 1.29 is 8.42 Å². The topological polar surface area (TPSA) is 72.2 Å². The van der Waals surface area contributed by atoms with Crippen molar-refractivity contribution >= 4 is 15.7 Å². The first-order valence-electron chi connectivity index (χ1n) is 6.60. The summed E-state index contributed by atoms with van der Waals surface area (Å²) in [5, 5.41) is 0. The van der Waals surface area contributed by atoms with E-state index in [0.717, 1.165) is 18.4 Å². The maximum absolute atomic E-state index is 12.2. The third-order valence-corrected chi connectivity index (χ3v) is 4.67. The van der Waals surface area contributed by atoms with E-state index in [9.17, 15) is 8.42 Å². The Bertz CT molecular complexity index is 537. The summed E-state index contributed by atoms with van der Waals surface area (Å²) in [6.07, 6.45) is 1.86. The predicted molar refractivity (Wildman–Crippen MR) is 79.6 cm³/mol. The second-order valence-corrected chi connectivity index (χ2v) is 7.15. The van der Waals surface area contributed by atoms with E-state index in [-0.39, 0.29) is 4.90 Å². The van der Waals surface area contributed by atoms with Crippen molar-refractivity contribution in [2.24, 2.45) is 5.92 Å². The summed E-state index contributed by atoms with van der Waals surface area (Å²) in [5.41, 5.74) is 7.80. The van der Waals surface area contributed by atoms with Gasteiger partial charge in [-0.05, 0) is 55.9 Å². The first-order valence-corrected chi connectivity index (χ1v) is 8.08. The van der Waals surface area contributed by atoms with E-state index in [4.69, 9.17) is 5.73 Å². The minimum absolute atomic E-state index is 0.287. The molecule has 0 aromatic heterocycles. The zero-order chi connectivity index (χ0) is 14.6. The lowest BCUT2D eigenvalue weighted by Gasteiger charge is -2.12. The van der Waals surface area contributed by atoms with Gasteiger partial charge in [-0.15, -0.1) is 0 Å². The highest BCUT2D eigenvalue weighted by molar-refractivity contribution is 7.89. The second-order valence-electron chi connectivity index (χ2n) is 5.41. The Kier molecular flexibility index (Phi) is 5.38. The summed E-state index contributed by atoms with van der Waals surface area (Å²) in [4.78, 5) is 0.287. The third kappa shape index (κ3) is 4.51. The van der Waals surface area contributed by atoms with Crippen LogP contribution in [0.5, 0.6) is 0 Å². The van der Waals surface area contributed by atoms with Crippen LogP contribution >= 0.6 is 0 Å². The predicted octanol–water partition coefficient (Wildman–Crippen LogP) is 2.60. The summed E-state index contributed by atoms with van der Waals surface area (Å²) >= 11 is 0. The first kappa shape index (κ1) is 16.0. The molecular weight excluding hydrogens is 260 g/mol. The highest BCUT2D eigenvalue weighted by atomic mass is 32.2. The average molecular weight is 284 g/mol. The number of nitrogens with one attached hydrogen (secondary N) is 1. The van der Waals surface area contributed by atoms with Crippen LogP contribution in [0.15, 0.2) is 17.0 Å². The van der Waals surface area contributed by atoms with Crippen molar-refractivity contribution in [1.29, 1.82) is 0 Å². The molecule has 1 aromatic rings. The molecule has 0 aliphatic heterocycles. The van der Waals surface area contributed by atoms with Crippen LogP contribution in [-0.2, 0) is 10.0 Å². The molecule has 19 heavy (non-hydrogen) atoms. The van der Waals surface area contributed by atoms with Gasteiger partial charge >= 0.3 is 0 Å². The normalized spacial score (nSPS) is 12.1. The maximum atomic E-state index is 12.2. The van der Waals surface area contributed by atoms with Gasteiger partial charge in [-0.25, -0.2) is 13.1 Å². The number of sulfonamides is 1. The van der Waals surface area contributed by atoms with E-state index in [0.29, 0.717) is 23.7 Å². The fourth-order valence-electron chi connectivity index (χ4n) is 1.93. The molecule has 0 bridgehead atoms. The molecule has 3 N–H and O–H groups in total. The van der Waals surface area contributed by atoms with Crippen LogP contribution in [0.4, 0.5) is 5.69 Å². The van der Waals surface area contributed by atoms with E-state index in [1.54, 1.807) is 19.1 Å². The summed E-state index contributed by atoms with van der Waals surface area (Å²) in [7, 11) is -3.46. The van der Waals surface area contributed by atoms with Gasteiger partial charge in [-0.1, -0.05) is 13.8 Å². The van der Waals surface area contributed by atoms with E-state index < -0.39 is 10.0 Å². The number of rotatable bonds is 6. The maximum Gasteiger partial charge on any atom is 0.240 e. The molecule has 108 valence electrons. The van der Waals surface area contributed by atoms with Gasteiger partial charge in [-0.2, -0.15) is 0 Å². The lowest BCUT2D eigenvalue weighted by Crippen LogP contribution is -2.26. The van der Waals surface area contributed by atoms with Gasteiger partial charge in [0.05, 0.1) is 4.90 Å². The number of nitrogens with two attached hydrogens (primary N) is 1. The smallest absolute Gasteiger partial charge is 0.240 e. The van der Waals surface area contributed by atoms with Gasteiger partial charge in [0.25, 0.3) is 0 Å². The fourth-order valence-corrected chi connectivity index (χ4v) is 3.36. The van der Waals surface area contributed by atoms with Crippen molar-refractivity contribution in [1.82, 2.24) is 4.72 Å². The summed E-state index contributed by atoms with van der Waals surface area (Å²) < 4.78 is 27.1. The minimum atomic E-state index is -3.46. The van der Waals surface area contributed by atoms with Gasteiger partial charge in [0, 0.05) is 12.2 Å². The van der Waals surface area contributed by atoms with E-state index in [1.807, 2.05) is 6.92 Å². The molecule has 0 heterocycles. The van der Waals surface area contributed by atoms with E-state index in [2.05, 4.69) is 18.6 Å². The summed E-state index contributed by atoms with van der Waals surface area (Å²) in [6.45, 7) is 8.29. The van der Waals surface area contributed by atoms with Crippen molar-refractivity contribution in [3.63, 3.8) is 0 Å². The zero-order valence-electron chi connectivity index (χ0n) is 12.2. The van der Waals surface area contributed by atoms with Crippen molar-refractivity contribution in [3.8, 4) is 0 Å². The molecule has 1 rings (SSSR count). The molecule has 4 nitrogen and oxygen atoms in total. The zero-order valence-corrected chi connectivity index (χ0v) is 13.0. The number of aryl methyl sites for hydroxylation is 1. The van der Waals surface area contributed by atoms with Crippen LogP contribution < -0.4 is 10.5 Å². The Balaban J connectivity index is 2.83. The van der Waals surface area contributed by atoms with Crippen molar-refractivity contribution in [2.75, 3.05) is 12.3 Å². The van der Waals surface area contributed by atoms with E-state index >= 15 is 0 Å². The standard InChI is InChI=1S/C14H24N2O2S/c1-10(2)6-5-7-16-19(17,18)14-9-11(3)8-13(15)12(14)4/h8-10,16H,5-7,15H2,1-4H3. The molecular formula is C14H24N2O2S. The minimum Gasteiger partial charge on any atom is -0.398 e. The molecule has 0 aliphatic carbocycles.